The van der Waals surface area contributed by atoms with Gasteiger partial charge in [0.05, 0.1) is 28.4 Å². The summed E-state index contributed by atoms with van der Waals surface area (Å²) < 4.78 is 6.46. The van der Waals surface area contributed by atoms with Gasteiger partial charge >= 0.3 is 0 Å². The molecule has 0 unspecified atom stereocenters. The summed E-state index contributed by atoms with van der Waals surface area (Å²) in [6.07, 6.45) is 0. The van der Waals surface area contributed by atoms with E-state index in [-0.39, 0.29) is 0 Å². The minimum atomic E-state index is -0.651. The molecule has 4 heteroatoms. The summed E-state index contributed by atoms with van der Waals surface area (Å²) >= 11 is 0. The van der Waals surface area contributed by atoms with Gasteiger partial charge in [-0.2, -0.15) is 5.26 Å². The molecule has 0 aliphatic carbocycles. The topological polar surface area (TPSA) is 58.8 Å². The van der Waals surface area contributed by atoms with Crippen molar-refractivity contribution >= 4 is 0 Å². The number of fused-ring (bicyclic) bond motifs is 2. The van der Waals surface area contributed by atoms with Gasteiger partial charge in [-0.3, -0.25) is 0 Å². The largest absolute Gasteiger partial charge is 0.457 e. The highest BCUT2D eigenvalue weighted by Gasteiger charge is 2.45. The van der Waals surface area contributed by atoms with Crippen molar-refractivity contribution in [3.05, 3.63) is 216 Å². The van der Waals surface area contributed by atoms with E-state index in [0.717, 1.165) is 73.0 Å². The lowest BCUT2D eigenvalue weighted by Crippen LogP contribution is -2.34. The van der Waals surface area contributed by atoms with Crippen molar-refractivity contribution in [3.63, 3.8) is 0 Å². The van der Waals surface area contributed by atoms with Crippen molar-refractivity contribution in [2.75, 3.05) is 0 Å². The molecule has 2 heterocycles. The van der Waals surface area contributed by atoms with Crippen molar-refractivity contribution in [2.45, 2.75) is 5.41 Å². The Balaban J connectivity index is 1.12. The molecular weight excluding hydrogens is 635 g/mol. The molecule has 8 aromatic rings. The van der Waals surface area contributed by atoms with E-state index in [1.54, 1.807) is 0 Å². The first-order chi connectivity index (χ1) is 25.7. The van der Waals surface area contributed by atoms with Gasteiger partial charge < -0.3 is 4.74 Å². The van der Waals surface area contributed by atoms with E-state index >= 15 is 0 Å². The third kappa shape index (κ3) is 5.33. The van der Waals surface area contributed by atoms with Crippen LogP contribution in [0.1, 0.15) is 27.8 Å². The Morgan fingerprint density at radius 1 is 0.423 bits per heavy atom. The van der Waals surface area contributed by atoms with Gasteiger partial charge in [0.25, 0.3) is 0 Å². The lowest BCUT2D eigenvalue weighted by atomic mass is 9.63. The first-order valence-corrected chi connectivity index (χ1v) is 17.3. The number of nitrogens with zero attached hydrogens (tertiary/aromatic N) is 3. The Morgan fingerprint density at radius 2 is 0.846 bits per heavy atom. The predicted molar refractivity (Wildman–Crippen MR) is 207 cm³/mol. The summed E-state index contributed by atoms with van der Waals surface area (Å²) in [6.45, 7) is 0. The van der Waals surface area contributed by atoms with Gasteiger partial charge in [0.15, 0.2) is 5.82 Å². The quantitative estimate of drug-likeness (QED) is 0.177. The van der Waals surface area contributed by atoms with Crippen LogP contribution >= 0.6 is 0 Å². The van der Waals surface area contributed by atoms with Crippen LogP contribution in [-0.2, 0) is 5.41 Å². The molecule has 0 atom stereocenters. The molecule has 52 heavy (non-hydrogen) atoms. The number of rotatable bonds is 6. The Morgan fingerprint density at radius 3 is 1.38 bits per heavy atom. The van der Waals surface area contributed by atoms with Crippen LogP contribution in [0.3, 0.4) is 0 Å². The Hall–Kier alpha value is -7.09. The van der Waals surface area contributed by atoms with Gasteiger partial charge in [-0.15, -0.1) is 0 Å². The van der Waals surface area contributed by atoms with Crippen LogP contribution in [0, 0.1) is 11.3 Å². The van der Waals surface area contributed by atoms with Crippen LogP contribution in [-0.4, -0.2) is 9.97 Å². The van der Waals surface area contributed by atoms with Crippen molar-refractivity contribution in [3.8, 4) is 62.6 Å². The number of benzene rings is 7. The van der Waals surface area contributed by atoms with Gasteiger partial charge in [0.2, 0.25) is 0 Å². The van der Waals surface area contributed by atoms with Crippen LogP contribution in [0.4, 0.5) is 0 Å². The van der Waals surface area contributed by atoms with E-state index in [2.05, 4.69) is 109 Å². The lowest BCUT2D eigenvalue weighted by Gasteiger charge is -2.41. The first kappa shape index (κ1) is 30.9. The van der Waals surface area contributed by atoms with Gasteiger partial charge in [-0.1, -0.05) is 158 Å². The Labute approximate surface area is 303 Å². The van der Waals surface area contributed by atoms with Crippen LogP contribution < -0.4 is 4.74 Å². The fourth-order valence-corrected chi connectivity index (χ4v) is 7.39. The zero-order chi connectivity index (χ0) is 34.9. The van der Waals surface area contributed by atoms with E-state index in [1.165, 1.54) is 0 Å². The molecule has 9 rings (SSSR count). The van der Waals surface area contributed by atoms with Crippen molar-refractivity contribution < 1.29 is 4.74 Å². The number of hydrogen-bond donors (Lipinski definition) is 0. The minimum absolute atomic E-state index is 0.626. The third-order valence-corrected chi connectivity index (χ3v) is 9.91. The third-order valence-electron chi connectivity index (χ3n) is 9.91. The van der Waals surface area contributed by atoms with Crippen molar-refractivity contribution in [1.82, 2.24) is 9.97 Å². The molecule has 244 valence electrons. The maximum Gasteiger partial charge on any atom is 0.160 e. The smallest absolute Gasteiger partial charge is 0.160 e. The molecule has 0 bridgehead atoms. The second-order valence-electron chi connectivity index (χ2n) is 12.9. The summed E-state index contributed by atoms with van der Waals surface area (Å²) in [5.41, 5.74) is 11.3. The molecule has 4 nitrogen and oxygen atoms in total. The molecule has 0 N–H and O–H groups in total. The van der Waals surface area contributed by atoms with E-state index < -0.39 is 5.41 Å². The number of aromatic nitrogens is 2. The van der Waals surface area contributed by atoms with Crippen LogP contribution in [0.25, 0.3) is 45.0 Å². The van der Waals surface area contributed by atoms with Crippen LogP contribution in [0.2, 0.25) is 0 Å². The minimum Gasteiger partial charge on any atom is -0.457 e. The molecule has 1 aromatic heterocycles. The zero-order valence-electron chi connectivity index (χ0n) is 28.1. The predicted octanol–water partition coefficient (Wildman–Crippen LogP) is 11.5. The second kappa shape index (κ2) is 13.0. The summed E-state index contributed by atoms with van der Waals surface area (Å²) in [7, 11) is 0. The van der Waals surface area contributed by atoms with Crippen molar-refractivity contribution in [1.29, 1.82) is 5.26 Å². The monoisotopic (exact) mass is 665 g/mol. The fraction of sp³-hybridized carbons (Fsp3) is 0.0208. The van der Waals surface area contributed by atoms with Crippen LogP contribution in [0.5, 0.6) is 11.5 Å². The molecule has 0 saturated heterocycles. The maximum atomic E-state index is 9.60. The van der Waals surface area contributed by atoms with Gasteiger partial charge in [-0.25, -0.2) is 9.97 Å². The number of hydrogen-bond acceptors (Lipinski definition) is 4. The van der Waals surface area contributed by atoms with Gasteiger partial charge in [-0.05, 0) is 52.6 Å². The summed E-state index contributed by atoms with van der Waals surface area (Å²) in [4.78, 5) is 9.95. The normalized spacial score (nSPS) is 12.5. The SMILES string of the molecule is N#Cc1ccc(C2(c3ccc(-c4ccc(-c5cc(-c6ccccc6)nc(-c6ccccc6)n5)cc4)cc3)c3ccccc3Oc3ccccc32)cc1. The molecule has 0 saturated carbocycles. The highest BCUT2D eigenvalue weighted by atomic mass is 16.5. The molecule has 1 aliphatic heterocycles. The zero-order valence-corrected chi connectivity index (χ0v) is 28.1. The molecule has 0 amide bonds. The number of nitriles is 1. The van der Waals surface area contributed by atoms with Gasteiger partial charge in [0, 0.05) is 27.8 Å². The first-order valence-electron chi connectivity index (χ1n) is 17.3. The van der Waals surface area contributed by atoms with Gasteiger partial charge in [0.1, 0.15) is 11.5 Å². The van der Waals surface area contributed by atoms with Crippen molar-refractivity contribution in [2.24, 2.45) is 0 Å². The van der Waals surface area contributed by atoms with Crippen LogP contribution in [0.15, 0.2) is 188 Å². The highest BCUT2D eigenvalue weighted by Crippen LogP contribution is 2.55. The molecule has 1 aliphatic rings. The standard InChI is InChI=1S/C48H31N3O/c49-32-33-19-27-39(28-20-33)48(41-15-7-9-17-45(41)52-46-18-10-8-16-42(46)48)40-29-25-35(26-30-40)34-21-23-37(24-22-34)44-31-43(36-11-3-1-4-12-36)50-47(51-44)38-13-5-2-6-14-38/h1-31H. The molecule has 7 aromatic carbocycles. The Bertz CT molecular complexity index is 2470. The average Bonchev–Trinajstić information content (AvgIpc) is 3.23. The van der Waals surface area contributed by atoms with E-state index in [9.17, 15) is 5.26 Å². The summed E-state index contributed by atoms with van der Waals surface area (Å²) in [6, 6.07) is 66.6. The summed E-state index contributed by atoms with van der Waals surface area (Å²) in [5.74, 6) is 2.34. The Kier molecular flexibility index (Phi) is 7.72. The average molecular weight is 666 g/mol. The lowest BCUT2D eigenvalue weighted by molar-refractivity contribution is 0.434. The second-order valence-corrected chi connectivity index (χ2v) is 12.9. The fourth-order valence-electron chi connectivity index (χ4n) is 7.39. The molecular formula is C48H31N3O. The maximum absolute atomic E-state index is 9.60. The number of ether oxygens (including phenoxy) is 1. The van der Waals surface area contributed by atoms with E-state index in [4.69, 9.17) is 14.7 Å². The molecule has 0 fully saturated rings. The highest BCUT2D eigenvalue weighted by molar-refractivity contribution is 5.75. The summed E-state index contributed by atoms with van der Waals surface area (Å²) in [5, 5.41) is 9.60. The van der Waals surface area contributed by atoms with E-state index in [0.29, 0.717) is 11.4 Å². The van der Waals surface area contributed by atoms with E-state index in [1.807, 2.05) is 84.9 Å². The molecule has 0 spiro atoms. The molecule has 0 radical (unpaired) electrons. The number of para-hydroxylation sites is 2.